The molecule has 13 aromatic rings. The Hall–Kier alpha value is -8.03. The minimum Gasteiger partial charge on any atom is -0.456 e. The molecule has 8 aromatic carbocycles. The van der Waals surface area contributed by atoms with Crippen molar-refractivity contribution in [1.82, 2.24) is 15.0 Å². The molecule has 0 aliphatic rings. The van der Waals surface area contributed by atoms with Crippen LogP contribution in [0.1, 0.15) is 0 Å². The predicted octanol–water partition coefficient (Wildman–Crippen LogP) is 14.1. The van der Waals surface area contributed by atoms with Gasteiger partial charge in [-0.2, -0.15) is 0 Å². The van der Waals surface area contributed by atoms with Crippen LogP contribution in [0.15, 0.2) is 181 Å². The Morgan fingerprint density at radius 3 is 1.33 bits per heavy atom. The molecular weight excluding hydrogens is 719 g/mol. The SMILES string of the molecule is c1cc(-c2ccc3c(c2)oc2cc4c(cc23)oc2ccccc24)cc(-c2nc(-c3cccc4oc5ccccc5c34)nc(-c3cccc4oc5ccccc5c34)n2)c1. The molecule has 7 heteroatoms. The van der Waals surface area contributed by atoms with Crippen molar-refractivity contribution in [3.8, 4) is 45.3 Å². The maximum Gasteiger partial charge on any atom is 0.164 e. The number of hydrogen-bond acceptors (Lipinski definition) is 7. The maximum absolute atomic E-state index is 6.51. The third-order valence-corrected chi connectivity index (χ3v) is 11.3. The summed E-state index contributed by atoms with van der Waals surface area (Å²) in [5.74, 6) is 1.65. The second kappa shape index (κ2) is 11.7. The summed E-state index contributed by atoms with van der Waals surface area (Å²) in [5.41, 5.74) is 11.1. The van der Waals surface area contributed by atoms with Crippen LogP contribution in [0.3, 0.4) is 0 Å². The van der Waals surface area contributed by atoms with Crippen molar-refractivity contribution in [3.05, 3.63) is 164 Å². The van der Waals surface area contributed by atoms with Crippen molar-refractivity contribution in [2.75, 3.05) is 0 Å². The van der Waals surface area contributed by atoms with Gasteiger partial charge in [-0.25, -0.2) is 15.0 Å². The third-order valence-electron chi connectivity index (χ3n) is 11.3. The second-order valence-electron chi connectivity index (χ2n) is 14.7. The molecule has 0 aliphatic carbocycles. The van der Waals surface area contributed by atoms with E-state index in [2.05, 4.69) is 72.8 Å². The molecule has 58 heavy (non-hydrogen) atoms. The summed E-state index contributed by atoms with van der Waals surface area (Å²) in [6.07, 6.45) is 0. The van der Waals surface area contributed by atoms with Gasteiger partial charge in [0.05, 0.1) is 0 Å². The van der Waals surface area contributed by atoms with Crippen molar-refractivity contribution in [2.45, 2.75) is 0 Å². The Balaban J connectivity index is 0.991. The van der Waals surface area contributed by atoms with Gasteiger partial charge in [0.25, 0.3) is 0 Å². The molecule has 0 bridgehead atoms. The van der Waals surface area contributed by atoms with Crippen LogP contribution < -0.4 is 0 Å². The molecule has 13 rings (SSSR count). The lowest BCUT2D eigenvalue weighted by Crippen LogP contribution is -2.01. The Morgan fingerprint density at radius 1 is 0.259 bits per heavy atom. The standard InChI is InChI=1S/C51H27N3O4/c1-4-17-39-31(12-1)37-26-46-38(27-45(37)57-39)32-23-22-29(25-44(32)58-46)28-10-7-11-30(24-28)49-52-50(35-15-8-20-42-47(35)33-13-2-5-18-40(33)55-42)54-51(53-49)36-16-9-21-43-48(36)34-14-3-6-19-41(34)56-43/h1-27H. The molecule has 5 heterocycles. The summed E-state index contributed by atoms with van der Waals surface area (Å²) in [6, 6.07) is 55.2. The van der Waals surface area contributed by atoms with E-state index in [4.69, 9.17) is 32.6 Å². The number of para-hydroxylation sites is 3. The van der Waals surface area contributed by atoms with Crippen LogP contribution in [0.2, 0.25) is 0 Å². The molecule has 0 saturated carbocycles. The van der Waals surface area contributed by atoms with Crippen LogP contribution >= 0.6 is 0 Å². The first-order valence-electron chi connectivity index (χ1n) is 19.2. The minimum atomic E-state index is 0.551. The fourth-order valence-electron chi connectivity index (χ4n) is 8.68. The molecule has 5 aromatic heterocycles. The van der Waals surface area contributed by atoms with Crippen molar-refractivity contribution < 1.29 is 17.7 Å². The van der Waals surface area contributed by atoms with Crippen LogP contribution in [0.5, 0.6) is 0 Å². The zero-order valence-corrected chi connectivity index (χ0v) is 30.6. The van der Waals surface area contributed by atoms with Crippen LogP contribution in [0.4, 0.5) is 0 Å². The van der Waals surface area contributed by atoms with Gasteiger partial charge in [0.15, 0.2) is 17.5 Å². The van der Waals surface area contributed by atoms with Gasteiger partial charge in [-0.1, -0.05) is 103 Å². The van der Waals surface area contributed by atoms with E-state index in [0.29, 0.717) is 17.5 Å². The van der Waals surface area contributed by atoms with E-state index in [1.54, 1.807) is 0 Å². The van der Waals surface area contributed by atoms with Gasteiger partial charge in [-0.3, -0.25) is 0 Å². The Labute approximate surface area is 328 Å². The van der Waals surface area contributed by atoms with E-state index in [9.17, 15) is 0 Å². The molecule has 0 fully saturated rings. The molecule has 0 radical (unpaired) electrons. The first-order chi connectivity index (χ1) is 28.7. The second-order valence-corrected chi connectivity index (χ2v) is 14.7. The Morgan fingerprint density at radius 2 is 0.690 bits per heavy atom. The number of rotatable bonds is 4. The monoisotopic (exact) mass is 745 g/mol. The average molecular weight is 746 g/mol. The van der Waals surface area contributed by atoms with Crippen LogP contribution in [0, 0.1) is 0 Å². The van der Waals surface area contributed by atoms with Gasteiger partial charge in [0.2, 0.25) is 0 Å². The number of benzene rings is 8. The van der Waals surface area contributed by atoms with Crippen LogP contribution in [-0.4, -0.2) is 15.0 Å². The molecule has 0 amide bonds. The van der Waals surface area contributed by atoms with Gasteiger partial charge in [-0.15, -0.1) is 0 Å². The average Bonchev–Trinajstić information content (AvgIpc) is 4.05. The number of hydrogen-bond donors (Lipinski definition) is 0. The maximum atomic E-state index is 6.51. The van der Waals surface area contributed by atoms with Gasteiger partial charge >= 0.3 is 0 Å². The molecule has 0 spiro atoms. The highest BCUT2D eigenvalue weighted by Gasteiger charge is 2.21. The van der Waals surface area contributed by atoms with E-state index in [1.165, 1.54) is 0 Å². The van der Waals surface area contributed by atoms with E-state index in [1.807, 2.05) is 91.0 Å². The fraction of sp³-hybridized carbons (Fsp3) is 0. The minimum absolute atomic E-state index is 0.551. The van der Waals surface area contributed by atoms with Crippen molar-refractivity contribution in [1.29, 1.82) is 0 Å². The third kappa shape index (κ3) is 4.58. The van der Waals surface area contributed by atoms with Crippen molar-refractivity contribution in [3.63, 3.8) is 0 Å². The van der Waals surface area contributed by atoms with E-state index in [0.717, 1.165) is 116 Å². The molecule has 0 unspecified atom stereocenters. The zero-order valence-electron chi connectivity index (χ0n) is 30.6. The highest BCUT2D eigenvalue weighted by Crippen LogP contribution is 2.41. The van der Waals surface area contributed by atoms with Gasteiger partial charge < -0.3 is 17.7 Å². The molecule has 0 N–H and O–H groups in total. The summed E-state index contributed by atoms with van der Waals surface area (Å²) in [6.45, 7) is 0. The van der Waals surface area contributed by atoms with Gasteiger partial charge in [0, 0.05) is 59.8 Å². The predicted molar refractivity (Wildman–Crippen MR) is 231 cm³/mol. The molecule has 0 saturated heterocycles. The van der Waals surface area contributed by atoms with Crippen LogP contribution in [-0.2, 0) is 0 Å². The quantitative estimate of drug-likeness (QED) is 0.177. The summed E-state index contributed by atoms with van der Waals surface area (Å²) in [5, 5.41) is 8.10. The van der Waals surface area contributed by atoms with Crippen molar-refractivity contribution in [2.24, 2.45) is 0 Å². The molecule has 0 atom stereocenters. The van der Waals surface area contributed by atoms with Gasteiger partial charge in [0.1, 0.15) is 44.7 Å². The van der Waals surface area contributed by atoms with E-state index < -0.39 is 0 Å². The fourth-order valence-corrected chi connectivity index (χ4v) is 8.68. The topological polar surface area (TPSA) is 91.2 Å². The molecular formula is C51H27N3O4. The molecule has 270 valence electrons. The number of aromatic nitrogens is 3. The number of nitrogens with zero attached hydrogens (tertiary/aromatic N) is 3. The largest absolute Gasteiger partial charge is 0.456 e. The first-order valence-corrected chi connectivity index (χ1v) is 19.2. The zero-order chi connectivity index (χ0) is 37.9. The van der Waals surface area contributed by atoms with Gasteiger partial charge in [-0.05, 0) is 71.8 Å². The lowest BCUT2D eigenvalue weighted by molar-refractivity contribution is 0.664. The summed E-state index contributed by atoms with van der Waals surface area (Å²) >= 11 is 0. The summed E-state index contributed by atoms with van der Waals surface area (Å²) in [4.78, 5) is 15.6. The molecule has 7 nitrogen and oxygen atoms in total. The summed E-state index contributed by atoms with van der Waals surface area (Å²) < 4.78 is 25.3. The molecule has 0 aliphatic heterocycles. The summed E-state index contributed by atoms with van der Waals surface area (Å²) in [7, 11) is 0. The highest BCUT2D eigenvalue weighted by atomic mass is 16.3. The first kappa shape index (κ1) is 31.2. The number of furan rings is 4. The normalized spacial score (nSPS) is 12.1. The lowest BCUT2D eigenvalue weighted by Gasteiger charge is -2.11. The van der Waals surface area contributed by atoms with Crippen molar-refractivity contribution >= 4 is 87.8 Å². The van der Waals surface area contributed by atoms with E-state index in [-0.39, 0.29) is 0 Å². The Kier molecular flexibility index (Phi) is 6.32. The van der Waals surface area contributed by atoms with E-state index >= 15 is 0 Å². The highest BCUT2D eigenvalue weighted by molar-refractivity contribution is 6.16. The lowest BCUT2D eigenvalue weighted by atomic mass is 10.0. The number of fused-ring (bicyclic) bond motifs is 12. The Bertz CT molecular complexity index is 3700. The smallest absolute Gasteiger partial charge is 0.164 e. The van der Waals surface area contributed by atoms with Crippen LogP contribution in [0.25, 0.3) is 133 Å².